The number of hydrogen-bond acceptors (Lipinski definition) is 3. The number of amides is 1. The molecule has 4 N–H and O–H groups in total. The maximum absolute atomic E-state index is 11.9. The zero-order valence-electron chi connectivity index (χ0n) is 11.7. The smallest absolute Gasteiger partial charge is 0.326 e. The van der Waals surface area contributed by atoms with E-state index in [-0.39, 0.29) is 18.4 Å². The number of carbonyl (C=O) groups excluding carboxylic acids is 1. The zero-order chi connectivity index (χ0) is 15.0. The Hall–Kier alpha value is -1.88. The SMILES string of the molecule is CCC(CN)C(=O)N[C@@H](CCc1ccccc1)C(=O)O. The van der Waals surface area contributed by atoms with Crippen molar-refractivity contribution in [2.75, 3.05) is 6.54 Å². The highest BCUT2D eigenvalue weighted by atomic mass is 16.4. The van der Waals surface area contributed by atoms with Crippen molar-refractivity contribution < 1.29 is 14.7 Å². The standard InChI is InChI=1S/C15H22N2O3/c1-2-12(10-16)14(18)17-13(15(19)20)9-8-11-6-4-3-5-7-11/h3-7,12-13H,2,8-10,16H2,1H3,(H,17,18)(H,19,20)/t12?,13-/m0/s1. The van der Waals surface area contributed by atoms with E-state index in [1.165, 1.54) is 0 Å². The van der Waals surface area contributed by atoms with Crippen LogP contribution in [0.2, 0.25) is 0 Å². The van der Waals surface area contributed by atoms with Gasteiger partial charge >= 0.3 is 5.97 Å². The highest BCUT2D eigenvalue weighted by Gasteiger charge is 2.23. The number of carbonyl (C=O) groups is 2. The van der Waals surface area contributed by atoms with E-state index in [1.54, 1.807) is 0 Å². The van der Waals surface area contributed by atoms with Crippen LogP contribution in [0.25, 0.3) is 0 Å². The van der Waals surface area contributed by atoms with Gasteiger partial charge in [0.1, 0.15) is 6.04 Å². The van der Waals surface area contributed by atoms with Crippen LogP contribution in [0.4, 0.5) is 0 Å². The molecule has 1 rings (SSSR count). The number of hydrogen-bond donors (Lipinski definition) is 3. The number of benzene rings is 1. The molecular formula is C15H22N2O3. The van der Waals surface area contributed by atoms with E-state index >= 15 is 0 Å². The Morgan fingerprint density at radius 1 is 1.30 bits per heavy atom. The molecule has 110 valence electrons. The monoisotopic (exact) mass is 278 g/mol. The lowest BCUT2D eigenvalue weighted by Gasteiger charge is -2.18. The van der Waals surface area contributed by atoms with Crippen molar-refractivity contribution in [3.05, 3.63) is 35.9 Å². The van der Waals surface area contributed by atoms with Crippen LogP contribution in [0.3, 0.4) is 0 Å². The van der Waals surface area contributed by atoms with Gasteiger partial charge in [0.25, 0.3) is 0 Å². The Morgan fingerprint density at radius 2 is 1.95 bits per heavy atom. The molecule has 2 atom stereocenters. The topological polar surface area (TPSA) is 92.4 Å². The lowest BCUT2D eigenvalue weighted by atomic mass is 10.0. The summed E-state index contributed by atoms with van der Waals surface area (Å²) in [4.78, 5) is 23.1. The molecule has 0 aliphatic carbocycles. The molecule has 0 radical (unpaired) electrons. The first-order valence-electron chi connectivity index (χ1n) is 6.85. The molecule has 5 heteroatoms. The minimum atomic E-state index is -1.01. The van der Waals surface area contributed by atoms with Crippen LogP contribution in [0.5, 0.6) is 0 Å². The molecule has 0 bridgehead atoms. The Bertz CT molecular complexity index is 430. The summed E-state index contributed by atoms with van der Waals surface area (Å²) < 4.78 is 0. The van der Waals surface area contributed by atoms with Gasteiger partial charge in [0.05, 0.1) is 0 Å². The second-order valence-corrected chi connectivity index (χ2v) is 4.76. The number of carboxylic acids is 1. The Kier molecular flexibility index (Phi) is 6.73. The van der Waals surface area contributed by atoms with Gasteiger partial charge < -0.3 is 16.2 Å². The number of nitrogens with one attached hydrogen (secondary N) is 1. The molecule has 0 aliphatic rings. The third kappa shape index (κ3) is 5.01. The molecule has 1 aromatic carbocycles. The number of rotatable bonds is 8. The number of aliphatic carboxylic acids is 1. The van der Waals surface area contributed by atoms with Gasteiger partial charge in [-0.15, -0.1) is 0 Å². The number of nitrogens with two attached hydrogens (primary N) is 1. The molecule has 1 aromatic rings. The van der Waals surface area contributed by atoms with Crippen LogP contribution in [0, 0.1) is 5.92 Å². The quantitative estimate of drug-likeness (QED) is 0.665. The molecule has 0 saturated heterocycles. The van der Waals surface area contributed by atoms with Crippen LogP contribution >= 0.6 is 0 Å². The maximum Gasteiger partial charge on any atom is 0.326 e. The summed E-state index contributed by atoms with van der Waals surface area (Å²) in [6.45, 7) is 2.09. The van der Waals surface area contributed by atoms with Crippen molar-refractivity contribution in [1.29, 1.82) is 0 Å². The summed E-state index contributed by atoms with van der Waals surface area (Å²) in [5.74, 6) is -1.62. The van der Waals surface area contributed by atoms with E-state index in [9.17, 15) is 14.7 Å². The van der Waals surface area contributed by atoms with Gasteiger partial charge in [0.15, 0.2) is 0 Å². The molecule has 0 aromatic heterocycles. The van der Waals surface area contributed by atoms with Crippen molar-refractivity contribution in [2.45, 2.75) is 32.2 Å². The first-order valence-corrected chi connectivity index (χ1v) is 6.85. The van der Waals surface area contributed by atoms with Crippen LogP contribution in [0.15, 0.2) is 30.3 Å². The predicted octanol–water partition coefficient (Wildman–Crippen LogP) is 1.17. The van der Waals surface area contributed by atoms with Crippen molar-refractivity contribution in [3.63, 3.8) is 0 Å². The molecule has 0 fully saturated rings. The van der Waals surface area contributed by atoms with E-state index in [0.29, 0.717) is 19.3 Å². The minimum Gasteiger partial charge on any atom is -0.480 e. The largest absolute Gasteiger partial charge is 0.480 e. The van der Waals surface area contributed by atoms with E-state index in [0.717, 1.165) is 5.56 Å². The van der Waals surface area contributed by atoms with Gasteiger partial charge in [0, 0.05) is 12.5 Å². The normalized spacial score (nSPS) is 13.5. The van der Waals surface area contributed by atoms with Gasteiger partial charge in [0.2, 0.25) is 5.91 Å². The van der Waals surface area contributed by atoms with E-state index in [4.69, 9.17) is 5.73 Å². The Balaban J connectivity index is 2.57. The molecule has 1 unspecified atom stereocenters. The third-order valence-electron chi connectivity index (χ3n) is 3.33. The minimum absolute atomic E-state index is 0.230. The summed E-state index contributed by atoms with van der Waals surface area (Å²) in [6.07, 6.45) is 1.58. The van der Waals surface area contributed by atoms with E-state index in [2.05, 4.69) is 5.32 Å². The highest BCUT2D eigenvalue weighted by Crippen LogP contribution is 2.07. The predicted molar refractivity (Wildman–Crippen MR) is 77.2 cm³/mol. The first kappa shape index (κ1) is 16.2. The average molecular weight is 278 g/mol. The maximum atomic E-state index is 11.9. The van der Waals surface area contributed by atoms with Gasteiger partial charge in [-0.1, -0.05) is 37.3 Å². The molecule has 0 aliphatic heterocycles. The van der Waals surface area contributed by atoms with Crippen molar-refractivity contribution in [1.82, 2.24) is 5.32 Å². The fourth-order valence-corrected chi connectivity index (χ4v) is 1.96. The number of carboxylic acid groups (broad SMARTS) is 1. The van der Waals surface area contributed by atoms with Crippen molar-refractivity contribution in [2.24, 2.45) is 11.7 Å². The fourth-order valence-electron chi connectivity index (χ4n) is 1.96. The van der Waals surface area contributed by atoms with Gasteiger partial charge in [-0.25, -0.2) is 4.79 Å². The van der Waals surface area contributed by atoms with E-state index in [1.807, 2.05) is 37.3 Å². The number of aryl methyl sites for hydroxylation is 1. The summed E-state index contributed by atoms with van der Waals surface area (Å²) in [7, 11) is 0. The second-order valence-electron chi connectivity index (χ2n) is 4.76. The summed E-state index contributed by atoms with van der Waals surface area (Å²) in [6, 6.07) is 8.73. The first-order chi connectivity index (χ1) is 9.58. The summed E-state index contributed by atoms with van der Waals surface area (Å²) in [5.41, 5.74) is 6.55. The van der Waals surface area contributed by atoms with Crippen LogP contribution in [-0.4, -0.2) is 29.6 Å². The van der Waals surface area contributed by atoms with E-state index < -0.39 is 12.0 Å². The van der Waals surface area contributed by atoms with Crippen LogP contribution in [0.1, 0.15) is 25.3 Å². The zero-order valence-corrected chi connectivity index (χ0v) is 11.7. The molecule has 0 heterocycles. The molecule has 5 nitrogen and oxygen atoms in total. The van der Waals surface area contributed by atoms with Gasteiger partial charge in [-0.3, -0.25) is 4.79 Å². The summed E-state index contributed by atoms with van der Waals surface area (Å²) in [5, 5.41) is 11.8. The molecule has 20 heavy (non-hydrogen) atoms. The van der Waals surface area contributed by atoms with Gasteiger partial charge in [-0.05, 0) is 24.8 Å². The van der Waals surface area contributed by atoms with Crippen LogP contribution < -0.4 is 11.1 Å². The fraction of sp³-hybridized carbons (Fsp3) is 0.467. The summed E-state index contributed by atoms with van der Waals surface area (Å²) >= 11 is 0. The molecular weight excluding hydrogens is 256 g/mol. The Morgan fingerprint density at radius 3 is 2.45 bits per heavy atom. The molecule has 1 amide bonds. The lowest BCUT2D eigenvalue weighted by molar-refractivity contribution is -0.142. The lowest BCUT2D eigenvalue weighted by Crippen LogP contribution is -2.45. The van der Waals surface area contributed by atoms with Crippen LogP contribution in [-0.2, 0) is 16.0 Å². The molecule has 0 saturated carbocycles. The third-order valence-corrected chi connectivity index (χ3v) is 3.33. The average Bonchev–Trinajstić information content (AvgIpc) is 2.45. The Labute approximate surface area is 119 Å². The van der Waals surface area contributed by atoms with Crippen molar-refractivity contribution >= 4 is 11.9 Å². The molecule has 0 spiro atoms. The second kappa shape index (κ2) is 8.32. The van der Waals surface area contributed by atoms with Gasteiger partial charge in [-0.2, -0.15) is 0 Å². The van der Waals surface area contributed by atoms with Crippen molar-refractivity contribution in [3.8, 4) is 0 Å². The highest BCUT2D eigenvalue weighted by molar-refractivity contribution is 5.85.